The van der Waals surface area contributed by atoms with E-state index in [9.17, 15) is 4.79 Å². The van der Waals surface area contributed by atoms with E-state index in [1.165, 1.54) is 6.42 Å². The highest BCUT2D eigenvalue weighted by Crippen LogP contribution is 2.16. The van der Waals surface area contributed by atoms with Crippen LogP contribution in [0.1, 0.15) is 40.0 Å². The Labute approximate surface area is 82.3 Å². The van der Waals surface area contributed by atoms with Gasteiger partial charge in [-0.1, -0.05) is 20.8 Å². The first-order valence-corrected chi connectivity index (χ1v) is 5.45. The van der Waals surface area contributed by atoms with Gasteiger partial charge in [-0.3, -0.25) is 4.79 Å². The van der Waals surface area contributed by atoms with E-state index < -0.39 is 0 Å². The van der Waals surface area contributed by atoms with E-state index in [0.29, 0.717) is 18.1 Å². The van der Waals surface area contributed by atoms with Gasteiger partial charge in [0.05, 0.1) is 0 Å². The molecule has 0 radical (unpaired) electrons. The van der Waals surface area contributed by atoms with Crippen molar-refractivity contribution in [3.05, 3.63) is 0 Å². The number of nitrogens with zero attached hydrogens (tertiary/aromatic N) is 1. The van der Waals surface area contributed by atoms with Gasteiger partial charge in [-0.2, -0.15) is 0 Å². The van der Waals surface area contributed by atoms with E-state index in [-0.39, 0.29) is 0 Å². The molecule has 2 heteroatoms. The fourth-order valence-electron chi connectivity index (χ4n) is 1.72. The molecule has 0 spiro atoms. The zero-order chi connectivity index (χ0) is 10.3. The lowest BCUT2D eigenvalue weighted by Crippen LogP contribution is -2.35. The van der Waals surface area contributed by atoms with E-state index in [1.54, 1.807) is 0 Å². The average Bonchev–Trinajstić information content (AvgIpc) is 2.20. The van der Waals surface area contributed by atoms with Gasteiger partial charge in [0.15, 0.2) is 0 Å². The van der Waals surface area contributed by atoms with E-state index >= 15 is 0 Å². The van der Waals surface area contributed by atoms with Crippen LogP contribution in [0.3, 0.4) is 0 Å². The fraction of sp³-hybridized carbons (Fsp3) is 0.909. The molecular weight excluding hydrogens is 162 g/mol. The van der Waals surface area contributed by atoms with Crippen LogP contribution in [0.4, 0.5) is 0 Å². The largest absolute Gasteiger partial charge is 0.306 e. The van der Waals surface area contributed by atoms with Gasteiger partial charge < -0.3 is 4.90 Å². The first-order chi connectivity index (χ1) is 6.24. The third kappa shape index (κ3) is 4.41. The van der Waals surface area contributed by atoms with Crippen molar-refractivity contribution in [3.63, 3.8) is 0 Å². The molecule has 0 bridgehead atoms. The van der Waals surface area contributed by atoms with Crippen molar-refractivity contribution in [1.82, 2.24) is 4.90 Å². The van der Waals surface area contributed by atoms with E-state index in [4.69, 9.17) is 0 Å². The van der Waals surface area contributed by atoms with Crippen molar-refractivity contribution >= 4 is 5.78 Å². The number of ketones is 1. The Morgan fingerprint density at radius 2 is 2.08 bits per heavy atom. The minimum atomic E-state index is 0.332. The van der Waals surface area contributed by atoms with Crippen molar-refractivity contribution in [3.8, 4) is 0 Å². The molecule has 1 atom stereocenters. The van der Waals surface area contributed by atoms with Gasteiger partial charge in [-0.05, 0) is 26.4 Å². The Balaban J connectivity index is 0.000000671. The number of carbonyl (C=O) groups excluding carboxylic acids is 1. The van der Waals surface area contributed by atoms with Gasteiger partial charge >= 0.3 is 0 Å². The van der Waals surface area contributed by atoms with Crippen LogP contribution in [0.15, 0.2) is 0 Å². The van der Waals surface area contributed by atoms with Gasteiger partial charge in [0.25, 0.3) is 0 Å². The summed E-state index contributed by atoms with van der Waals surface area (Å²) in [5.41, 5.74) is 0. The second kappa shape index (κ2) is 7.07. The SMILES string of the molecule is CC.CCC(=O)C1CCCN(C)C1. The summed E-state index contributed by atoms with van der Waals surface area (Å²) in [6.07, 6.45) is 3.00. The summed E-state index contributed by atoms with van der Waals surface area (Å²) in [4.78, 5) is 13.5. The zero-order valence-electron chi connectivity index (χ0n) is 9.47. The zero-order valence-corrected chi connectivity index (χ0v) is 9.47. The smallest absolute Gasteiger partial charge is 0.136 e. The van der Waals surface area contributed by atoms with Crippen LogP contribution in [0.25, 0.3) is 0 Å². The molecule has 0 aromatic rings. The van der Waals surface area contributed by atoms with Crippen molar-refractivity contribution in [2.75, 3.05) is 20.1 Å². The molecule has 1 unspecified atom stereocenters. The summed E-state index contributed by atoms with van der Waals surface area (Å²) in [7, 11) is 2.09. The minimum absolute atomic E-state index is 0.332. The first-order valence-electron chi connectivity index (χ1n) is 5.45. The summed E-state index contributed by atoms with van der Waals surface area (Å²) < 4.78 is 0. The highest BCUT2D eigenvalue weighted by atomic mass is 16.1. The molecule has 2 nitrogen and oxygen atoms in total. The number of piperidine rings is 1. The maximum Gasteiger partial charge on any atom is 0.136 e. The molecule has 1 rings (SSSR count). The second-order valence-corrected chi connectivity index (χ2v) is 3.42. The number of Topliss-reactive ketones (excluding diaryl/α,β-unsaturated/α-hetero) is 1. The van der Waals surface area contributed by atoms with E-state index in [0.717, 1.165) is 19.5 Å². The molecule has 0 aromatic heterocycles. The van der Waals surface area contributed by atoms with Crippen LogP contribution in [0.2, 0.25) is 0 Å². The van der Waals surface area contributed by atoms with Gasteiger partial charge in [0, 0.05) is 18.9 Å². The molecule has 1 saturated heterocycles. The molecule has 0 saturated carbocycles. The highest BCUT2D eigenvalue weighted by Gasteiger charge is 2.21. The topological polar surface area (TPSA) is 20.3 Å². The van der Waals surface area contributed by atoms with Crippen LogP contribution in [0.5, 0.6) is 0 Å². The maximum atomic E-state index is 11.3. The van der Waals surface area contributed by atoms with Crippen LogP contribution in [-0.2, 0) is 4.79 Å². The number of likely N-dealkylation sites (tertiary alicyclic amines) is 1. The predicted octanol–water partition coefficient (Wildman–Crippen LogP) is 2.33. The monoisotopic (exact) mass is 185 g/mol. The lowest BCUT2D eigenvalue weighted by molar-refractivity contribution is -0.124. The van der Waals surface area contributed by atoms with Crippen LogP contribution in [0, 0.1) is 5.92 Å². The number of carbonyl (C=O) groups is 1. The standard InChI is InChI=1S/C9H17NO.C2H6/c1-3-9(11)8-5-4-6-10(2)7-8;1-2/h8H,3-7H2,1-2H3;1-2H3. The average molecular weight is 185 g/mol. The molecule has 78 valence electrons. The first kappa shape index (κ1) is 12.6. The fourth-order valence-corrected chi connectivity index (χ4v) is 1.72. The normalized spacial score (nSPS) is 23.2. The van der Waals surface area contributed by atoms with Crippen molar-refractivity contribution in [2.24, 2.45) is 5.92 Å². The van der Waals surface area contributed by atoms with E-state index in [2.05, 4.69) is 11.9 Å². The Bertz CT molecular complexity index is 145. The Morgan fingerprint density at radius 3 is 2.54 bits per heavy atom. The Kier molecular flexibility index (Phi) is 6.87. The summed E-state index contributed by atoms with van der Waals surface area (Å²) in [6.45, 7) is 8.09. The maximum absolute atomic E-state index is 11.3. The van der Waals surface area contributed by atoms with Crippen molar-refractivity contribution in [1.29, 1.82) is 0 Å². The van der Waals surface area contributed by atoms with Gasteiger partial charge in [0.2, 0.25) is 0 Å². The number of hydrogen-bond acceptors (Lipinski definition) is 2. The van der Waals surface area contributed by atoms with Gasteiger partial charge in [0.1, 0.15) is 5.78 Å². The number of hydrogen-bond donors (Lipinski definition) is 0. The Hall–Kier alpha value is -0.370. The quantitative estimate of drug-likeness (QED) is 0.658. The second-order valence-electron chi connectivity index (χ2n) is 3.42. The summed E-state index contributed by atoms with van der Waals surface area (Å²) in [5, 5.41) is 0. The molecule has 0 aliphatic carbocycles. The third-order valence-electron chi connectivity index (χ3n) is 2.43. The summed E-state index contributed by atoms with van der Waals surface area (Å²) >= 11 is 0. The molecule has 0 amide bonds. The molecule has 1 heterocycles. The molecule has 1 aliphatic rings. The Morgan fingerprint density at radius 1 is 1.46 bits per heavy atom. The van der Waals surface area contributed by atoms with Crippen LogP contribution >= 0.6 is 0 Å². The third-order valence-corrected chi connectivity index (χ3v) is 2.43. The minimum Gasteiger partial charge on any atom is -0.306 e. The van der Waals surface area contributed by atoms with Gasteiger partial charge in [-0.25, -0.2) is 0 Å². The molecule has 1 aliphatic heterocycles. The van der Waals surface area contributed by atoms with Crippen molar-refractivity contribution in [2.45, 2.75) is 40.0 Å². The van der Waals surface area contributed by atoms with Crippen LogP contribution < -0.4 is 0 Å². The predicted molar refractivity (Wildman–Crippen MR) is 56.9 cm³/mol. The van der Waals surface area contributed by atoms with Gasteiger partial charge in [-0.15, -0.1) is 0 Å². The summed E-state index contributed by atoms with van der Waals surface area (Å²) in [6, 6.07) is 0. The molecule has 13 heavy (non-hydrogen) atoms. The molecule has 0 aromatic carbocycles. The molecule has 0 N–H and O–H groups in total. The number of rotatable bonds is 2. The summed E-state index contributed by atoms with van der Waals surface area (Å²) in [5.74, 6) is 0.773. The lowest BCUT2D eigenvalue weighted by Gasteiger charge is -2.28. The lowest BCUT2D eigenvalue weighted by atomic mass is 9.93. The highest BCUT2D eigenvalue weighted by molar-refractivity contribution is 5.80. The van der Waals surface area contributed by atoms with Crippen molar-refractivity contribution < 1.29 is 4.79 Å². The van der Waals surface area contributed by atoms with E-state index in [1.807, 2.05) is 20.8 Å². The van der Waals surface area contributed by atoms with Crippen LogP contribution in [-0.4, -0.2) is 30.8 Å². The molecule has 1 fully saturated rings. The molecular formula is C11H23NO.